The summed E-state index contributed by atoms with van der Waals surface area (Å²) in [7, 11) is 1.45. The van der Waals surface area contributed by atoms with E-state index in [-0.39, 0.29) is 16.7 Å². The monoisotopic (exact) mass is 468 g/mol. The Balaban J connectivity index is 1.71. The van der Waals surface area contributed by atoms with Gasteiger partial charge in [-0.15, -0.1) is 0 Å². The molecule has 0 amide bonds. The number of hydrogen-bond donors (Lipinski definition) is 0. The average molecular weight is 468 g/mol. The van der Waals surface area contributed by atoms with Crippen molar-refractivity contribution in [2.75, 3.05) is 7.11 Å². The number of nitrogens with zero attached hydrogens (tertiary/aromatic N) is 4. The summed E-state index contributed by atoms with van der Waals surface area (Å²) in [5, 5.41) is 0. The molecule has 4 aromatic rings. The van der Waals surface area contributed by atoms with Crippen LogP contribution in [0.25, 0.3) is 5.69 Å². The maximum atomic E-state index is 13.7. The molecule has 2 aromatic heterocycles. The van der Waals surface area contributed by atoms with Crippen molar-refractivity contribution in [3.05, 3.63) is 106 Å². The van der Waals surface area contributed by atoms with Crippen LogP contribution in [0.1, 0.15) is 40.1 Å². The zero-order chi connectivity index (χ0) is 24.6. The van der Waals surface area contributed by atoms with Gasteiger partial charge >= 0.3 is 0 Å². The van der Waals surface area contributed by atoms with Gasteiger partial charge < -0.3 is 9.30 Å². The quantitative estimate of drug-likeness (QED) is 0.316. The third-order valence-electron chi connectivity index (χ3n) is 5.44. The van der Waals surface area contributed by atoms with Crippen molar-refractivity contribution in [2.24, 2.45) is 0 Å². The third-order valence-corrected chi connectivity index (χ3v) is 5.44. The molecule has 0 N–H and O–H groups in total. The van der Waals surface area contributed by atoms with E-state index in [9.17, 15) is 22.8 Å². The SMILES string of the molecule is COc1cc(C(=O)c2cncn(C(C)c3cc(F)c(F)c(F)c3)c2=O)ccc1-n1cnc(C)c1. The number of ketones is 1. The lowest BCUT2D eigenvalue weighted by molar-refractivity contribution is 0.103. The highest BCUT2D eigenvalue weighted by Crippen LogP contribution is 2.26. The van der Waals surface area contributed by atoms with Crippen molar-refractivity contribution in [3.63, 3.8) is 0 Å². The first kappa shape index (κ1) is 23.0. The Bertz CT molecular complexity index is 1440. The van der Waals surface area contributed by atoms with Crippen LogP contribution in [0.5, 0.6) is 5.75 Å². The van der Waals surface area contributed by atoms with E-state index in [1.807, 2.05) is 6.92 Å². The second kappa shape index (κ2) is 8.97. The lowest BCUT2D eigenvalue weighted by atomic mass is 10.0. The van der Waals surface area contributed by atoms with Gasteiger partial charge in [-0.05, 0) is 49.7 Å². The molecule has 7 nitrogen and oxygen atoms in total. The fourth-order valence-electron chi connectivity index (χ4n) is 3.58. The first-order chi connectivity index (χ1) is 16.2. The van der Waals surface area contributed by atoms with Crippen LogP contribution in [-0.4, -0.2) is 32.0 Å². The molecule has 0 radical (unpaired) electrons. The number of ether oxygens (including phenoxy) is 1. The maximum absolute atomic E-state index is 13.7. The van der Waals surface area contributed by atoms with E-state index < -0.39 is 34.8 Å². The Kier molecular flexibility index (Phi) is 6.06. The van der Waals surface area contributed by atoms with Gasteiger partial charge in [-0.1, -0.05) is 0 Å². The molecule has 2 heterocycles. The van der Waals surface area contributed by atoms with Crippen LogP contribution in [0.3, 0.4) is 0 Å². The van der Waals surface area contributed by atoms with E-state index in [1.165, 1.54) is 20.1 Å². The van der Waals surface area contributed by atoms with Crippen LogP contribution in [-0.2, 0) is 0 Å². The summed E-state index contributed by atoms with van der Waals surface area (Å²) in [5.74, 6) is -4.58. The van der Waals surface area contributed by atoms with Crippen LogP contribution in [0, 0.1) is 24.4 Å². The van der Waals surface area contributed by atoms with Crippen molar-refractivity contribution in [2.45, 2.75) is 19.9 Å². The molecule has 0 fully saturated rings. The lowest BCUT2D eigenvalue weighted by Crippen LogP contribution is -2.29. The summed E-state index contributed by atoms with van der Waals surface area (Å²) < 4.78 is 48.9. The van der Waals surface area contributed by atoms with Crippen LogP contribution < -0.4 is 10.3 Å². The first-order valence-corrected chi connectivity index (χ1v) is 10.2. The molecule has 4 rings (SSSR count). The predicted octanol–water partition coefficient (Wildman–Crippen LogP) is 4.00. The highest BCUT2D eigenvalue weighted by atomic mass is 19.2. The Morgan fingerprint density at radius 2 is 1.79 bits per heavy atom. The molecule has 2 aromatic carbocycles. The topological polar surface area (TPSA) is 79.0 Å². The largest absolute Gasteiger partial charge is 0.495 e. The number of hydrogen-bond acceptors (Lipinski definition) is 5. The number of halogens is 3. The molecule has 0 aliphatic rings. The van der Waals surface area contributed by atoms with E-state index in [2.05, 4.69) is 9.97 Å². The van der Waals surface area contributed by atoms with E-state index >= 15 is 0 Å². The third kappa shape index (κ3) is 4.09. The smallest absolute Gasteiger partial charge is 0.265 e. The summed E-state index contributed by atoms with van der Waals surface area (Å²) >= 11 is 0. The highest BCUT2D eigenvalue weighted by molar-refractivity contribution is 6.09. The van der Waals surface area contributed by atoms with Gasteiger partial charge in [-0.2, -0.15) is 0 Å². The van der Waals surface area contributed by atoms with Gasteiger partial charge in [0.1, 0.15) is 11.3 Å². The van der Waals surface area contributed by atoms with Gasteiger partial charge in [-0.3, -0.25) is 14.2 Å². The van der Waals surface area contributed by atoms with Gasteiger partial charge in [-0.25, -0.2) is 23.1 Å². The number of aromatic nitrogens is 4. The van der Waals surface area contributed by atoms with Gasteiger partial charge in [0.05, 0.1) is 37.2 Å². The normalized spacial score (nSPS) is 11.9. The minimum atomic E-state index is -1.60. The Labute approximate surface area is 192 Å². The molecule has 0 spiro atoms. The Morgan fingerprint density at radius 3 is 2.41 bits per heavy atom. The number of methoxy groups -OCH3 is 1. The van der Waals surface area contributed by atoms with Gasteiger partial charge in [0.25, 0.3) is 5.56 Å². The summed E-state index contributed by atoms with van der Waals surface area (Å²) in [4.78, 5) is 34.4. The fourth-order valence-corrected chi connectivity index (χ4v) is 3.58. The second-order valence-corrected chi connectivity index (χ2v) is 7.63. The molecule has 1 atom stereocenters. The van der Waals surface area contributed by atoms with E-state index in [0.29, 0.717) is 11.4 Å². The molecule has 10 heteroatoms. The Hall–Kier alpha value is -4.21. The Morgan fingerprint density at radius 1 is 1.09 bits per heavy atom. The molecule has 0 aliphatic heterocycles. The standard InChI is InChI=1S/C24H19F3N4O3/c1-13-10-30(12-29-13)20-5-4-15(8-21(20)34-3)23(32)17-9-28-11-31(24(17)33)14(2)16-6-18(25)22(27)19(26)7-16/h4-12,14H,1-3H3. The summed E-state index contributed by atoms with van der Waals surface area (Å²) in [6, 6.07) is 5.38. The van der Waals surface area contributed by atoms with Gasteiger partial charge in [0.2, 0.25) is 0 Å². The molecule has 1 unspecified atom stereocenters. The molecule has 0 saturated heterocycles. The van der Waals surface area contributed by atoms with Crippen LogP contribution in [0.2, 0.25) is 0 Å². The minimum absolute atomic E-state index is 0.00606. The summed E-state index contributed by atoms with van der Waals surface area (Å²) in [6.07, 6.45) is 5.67. The lowest BCUT2D eigenvalue weighted by Gasteiger charge is -2.16. The molecule has 174 valence electrons. The van der Waals surface area contributed by atoms with Crippen molar-refractivity contribution in [3.8, 4) is 11.4 Å². The minimum Gasteiger partial charge on any atom is -0.495 e. The van der Waals surface area contributed by atoms with Crippen molar-refractivity contribution >= 4 is 5.78 Å². The molecular weight excluding hydrogens is 449 g/mol. The molecular formula is C24H19F3N4O3. The molecule has 0 bridgehead atoms. The molecule has 0 saturated carbocycles. The zero-order valence-corrected chi connectivity index (χ0v) is 18.4. The second-order valence-electron chi connectivity index (χ2n) is 7.63. The summed E-state index contributed by atoms with van der Waals surface area (Å²) in [6.45, 7) is 3.32. The molecule has 0 aliphatic carbocycles. The zero-order valence-electron chi connectivity index (χ0n) is 18.4. The number of imidazole rings is 1. The fraction of sp³-hybridized carbons (Fsp3) is 0.167. The van der Waals surface area contributed by atoms with Crippen LogP contribution in [0.4, 0.5) is 13.2 Å². The van der Waals surface area contributed by atoms with Crippen molar-refractivity contribution in [1.29, 1.82) is 0 Å². The van der Waals surface area contributed by atoms with Crippen molar-refractivity contribution in [1.82, 2.24) is 19.1 Å². The number of rotatable bonds is 6. The maximum Gasteiger partial charge on any atom is 0.265 e. The predicted molar refractivity (Wildman–Crippen MR) is 117 cm³/mol. The number of carbonyl (C=O) groups excluding carboxylic acids is 1. The number of benzene rings is 2. The molecule has 34 heavy (non-hydrogen) atoms. The van der Waals surface area contributed by atoms with Gasteiger partial charge in [0, 0.05) is 18.0 Å². The van der Waals surface area contributed by atoms with Crippen LogP contribution >= 0.6 is 0 Å². The first-order valence-electron chi connectivity index (χ1n) is 10.2. The number of carbonyl (C=O) groups is 1. The summed E-state index contributed by atoms with van der Waals surface area (Å²) in [5.41, 5.74) is 0.675. The van der Waals surface area contributed by atoms with E-state index in [4.69, 9.17) is 4.74 Å². The van der Waals surface area contributed by atoms with Crippen LogP contribution in [0.15, 0.2) is 60.2 Å². The van der Waals surface area contributed by atoms with Gasteiger partial charge in [0.15, 0.2) is 23.2 Å². The van der Waals surface area contributed by atoms with Crippen molar-refractivity contribution < 1.29 is 22.7 Å². The highest BCUT2D eigenvalue weighted by Gasteiger charge is 2.21. The van der Waals surface area contributed by atoms with E-state index in [1.54, 1.807) is 29.2 Å². The average Bonchev–Trinajstić information content (AvgIpc) is 3.27. The van der Waals surface area contributed by atoms with E-state index in [0.717, 1.165) is 34.9 Å². The number of aryl methyl sites for hydroxylation is 1.